The van der Waals surface area contributed by atoms with Crippen molar-refractivity contribution < 1.29 is 9.45 Å². The molecule has 0 spiro atoms. The summed E-state index contributed by atoms with van der Waals surface area (Å²) in [4.78, 5) is 14.2. The minimum absolute atomic E-state index is 0.0194. The van der Waals surface area contributed by atoms with Gasteiger partial charge in [0.25, 0.3) is 5.69 Å². The van der Waals surface area contributed by atoms with Crippen molar-refractivity contribution in [1.29, 1.82) is 5.26 Å². The molecule has 0 saturated carbocycles. The summed E-state index contributed by atoms with van der Waals surface area (Å²) >= 11 is 0. The number of nitro groups is 1. The van der Waals surface area contributed by atoms with Gasteiger partial charge >= 0.3 is 0 Å². The van der Waals surface area contributed by atoms with Crippen LogP contribution in [0.4, 0.5) is 11.4 Å². The van der Waals surface area contributed by atoms with Crippen molar-refractivity contribution in [3.63, 3.8) is 0 Å². The molecule has 19 heavy (non-hydrogen) atoms. The van der Waals surface area contributed by atoms with Gasteiger partial charge in [0.1, 0.15) is 11.6 Å². The largest absolute Gasteiger partial charge is 0.377 e. The van der Waals surface area contributed by atoms with E-state index in [1.54, 1.807) is 19.1 Å². The summed E-state index contributed by atoms with van der Waals surface area (Å²) in [7, 11) is 0. The van der Waals surface area contributed by atoms with Gasteiger partial charge in [-0.1, -0.05) is 5.16 Å². The number of nitriles is 1. The number of benzene rings is 1. The highest BCUT2D eigenvalue weighted by Crippen LogP contribution is 2.22. The zero-order valence-corrected chi connectivity index (χ0v) is 9.95. The Morgan fingerprint density at radius 2 is 2.37 bits per heavy atom. The predicted molar refractivity (Wildman–Crippen MR) is 64.2 cm³/mol. The first kappa shape index (κ1) is 12.5. The van der Waals surface area contributed by atoms with Crippen molar-refractivity contribution in [2.45, 2.75) is 13.5 Å². The fourth-order valence-electron chi connectivity index (χ4n) is 1.48. The number of aryl methyl sites for hydroxylation is 1. The fourth-order valence-corrected chi connectivity index (χ4v) is 1.48. The van der Waals surface area contributed by atoms with Crippen molar-refractivity contribution in [3.05, 3.63) is 45.6 Å². The zero-order chi connectivity index (χ0) is 13.8. The van der Waals surface area contributed by atoms with Crippen LogP contribution in [0.15, 0.2) is 22.7 Å². The number of nitro benzene ring substituents is 1. The lowest BCUT2D eigenvalue weighted by Crippen LogP contribution is -2.02. The molecule has 96 valence electrons. The Morgan fingerprint density at radius 3 is 2.95 bits per heavy atom. The highest BCUT2D eigenvalue weighted by atomic mass is 16.6. The van der Waals surface area contributed by atoms with E-state index in [-0.39, 0.29) is 17.8 Å². The smallest absolute Gasteiger partial charge is 0.289 e. The summed E-state index contributed by atoms with van der Waals surface area (Å²) in [6, 6.07) is 6.04. The van der Waals surface area contributed by atoms with Crippen LogP contribution in [-0.4, -0.2) is 15.1 Å². The van der Waals surface area contributed by atoms with E-state index in [4.69, 9.17) is 9.78 Å². The van der Waals surface area contributed by atoms with Gasteiger partial charge in [0.15, 0.2) is 5.82 Å². The Labute approximate surface area is 107 Å². The third-order valence-corrected chi connectivity index (χ3v) is 2.34. The van der Waals surface area contributed by atoms with E-state index in [2.05, 4.69) is 15.5 Å². The summed E-state index contributed by atoms with van der Waals surface area (Å²) in [5, 5.41) is 26.2. The lowest BCUT2D eigenvalue weighted by molar-refractivity contribution is -0.385. The lowest BCUT2D eigenvalue weighted by Gasteiger charge is -2.03. The van der Waals surface area contributed by atoms with Gasteiger partial charge in [-0.05, 0) is 12.1 Å². The van der Waals surface area contributed by atoms with Crippen molar-refractivity contribution in [2.75, 3.05) is 5.32 Å². The molecule has 1 aromatic carbocycles. The topological polar surface area (TPSA) is 118 Å². The molecule has 8 heteroatoms. The van der Waals surface area contributed by atoms with E-state index in [0.29, 0.717) is 17.4 Å². The molecule has 0 radical (unpaired) electrons. The van der Waals surface area contributed by atoms with Crippen LogP contribution in [0.1, 0.15) is 17.3 Å². The highest BCUT2D eigenvalue weighted by molar-refractivity contribution is 5.59. The van der Waals surface area contributed by atoms with Crippen LogP contribution in [0.3, 0.4) is 0 Å². The van der Waals surface area contributed by atoms with Gasteiger partial charge in [0, 0.05) is 18.7 Å². The monoisotopic (exact) mass is 259 g/mol. The molecule has 0 atom stereocenters. The number of hydrogen-bond donors (Lipinski definition) is 1. The molecular formula is C11H9N5O3. The molecule has 0 fully saturated rings. The molecule has 0 bridgehead atoms. The first-order chi connectivity index (χ1) is 9.10. The molecule has 0 aliphatic heterocycles. The molecule has 0 aliphatic carbocycles. The Kier molecular flexibility index (Phi) is 3.38. The maximum absolute atomic E-state index is 10.8. The summed E-state index contributed by atoms with van der Waals surface area (Å²) in [5.41, 5.74) is 0.288. The molecule has 1 N–H and O–H groups in total. The summed E-state index contributed by atoms with van der Waals surface area (Å²) in [6.07, 6.45) is 0. The summed E-state index contributed by atoms with van der Waals surface area (Å²) in [6.45, 7) is 1.95. The molecule has 2 aromatic rings. The van der Waals surface area contributed by atoms with Gasteiger partial charge < -0.3 is 9.84 Å². The minimum Gasteiger partial charge on any atom is -0.377 e. The number of nitrogens with one attached hydrogen (secondary N) is 1. The van der Waals surface area contributed by atoms with Crippen molar-refractivity contribution in [3.8, 4) is 6.07 Å². The van der Waals surface area contributed by atoms with E-state index in [9.17, 15) is 10.1 Å². The van der Waals surface area contributed by atoms with E-state index in [1.165, 1.54) is 12.1 Å². The van der Waals surface area contributed by atoms with Gasteiger partial charge in [-0.2, -0.15) is 10.2 Å². The van der Waals surface area contributed by atoms with Crippen LogP contribution >= 0.6 is 0 Å². The van der Waals surface area contributed by atoms with Gasteiger partial charge in [-0.25, -0.2) is 0 Å². The van der Waals surface area contributed by atoms with Crippen molar-refractivity contribution >= 4 is 11.4 Å². The summed E-state index contributed by atoms with van der Waals surface area (Å²) < 4.78 is 4.80. The lowest BCUT2D eigenvalue weighted by atomic mass is 10.2. The van der Waals surface area contributed by atoms with Crippen LogP contribution in [0.2, 0.25) is 0 Å². The first-order valence-corrected chi connectivity index (χ1v) is 5.32. The van der Waals surface area contributed by atoms with Crippen LogP contribution in [0.5, 0.6) is 0 Å². The second-order valence-electron chi connectivity index (χ2n) is 3.68. The van der Waals surface area contributed by atoms with E-state index < -0.39 is 4.92 Å². The third kappa shape index (κ3) is 2.84. The molecule has 0 aliphatic rings. The molecule has 0 saturated heterocycles. The predicted octanol–water partition coefficient (Wildman–Crippen LogP) is 1.77. The Morgan fingerprint density at radius 1 is 1.58 bits per heavy atom. The maximum atomic E-state index is 10.8. The average molecular weight is 259 g/mol. The Hall–Kier alpha value is -2.95. The maximum Gasteiger partial charge on any atom is 0.289 e. The average Bonchev–Trinajstić information content (AvgIpc) is 2.81. The normalized spacial score (nSPS) is 9.89. The molecule has 2 rings (SSSR count). The summed E-state index contributed by atoms with van der Waals surface area (Å²) in [5.74, 6) is 0.895. The third-order valence-electron chi connectivity index (χ3n) is 2.34. The van der Waals surface area contributed by atoms with Gasteiger partial charge in [0.05, 0.1) is 11.5 Å². The molecule has 0 amide bonds. The molecule has 0 unspecified atom stereocenters. The molecule has 1 heterocycles. The molecule has 1 aromatic heterocycles. The number of anilines is 1. The van der Waals surface area contributed by atoms with Crippen LogP contribution in [0.25, 0.3) is 0 Å². The second-order valence-corrected chi connectivity index (χ2v) is 3.68. The SMILES string of the molecule is Cc1nc(CNc2ccc(C#N)c([N+](=O)[O-])c2)no1. The van der Waals surface area contributed by atoms with Crippen LogP contribution in [-0.2, 0) is 6.54 Å². The number of hydrogen-bond acceptors (Lipinski definition) is 7. The second kappa shape index (κ2) is 5.14. The standard InChI is InChI=1S/C11H9N5O3/c1-7-14-11(15-19-7)6-13-9-3-2-8(5-12)10(4-9)16(17)18/h2-4,13H,6H2,1H3. The fraction of sp³-hybridized carbons (Fsp3) is 0.182. The Bertz CT molecular complexity index is 659. The quantitative estimate of drug-likeness (QED) is 0.656. The zero-order valence-electron chi connectivity index (χ0n) is 9.95. The van der Waals surface area contributed by atoms with Crippen molar-refractivity contribution in [1.82, 2.24) is 10.1 Å². The number of rotatable bonds is 4. The Balaban J connectivity index is 2.15. The number of nitrogens with zero attached hydrogens (tertiary/aromatic N) is 4. The first-order valence-electron chi connectivity index (χ1n) is 5.32. The molecular weight excluding hydrogens is 250 g/mol. The van der Waals surface area contributed by atoms with Crippen LogP contribution < -0.4 is 5.32 Å². The number of aromatic nitrogens is 2. The van der Waals surface area contributed by atoms with E-state index in [1.807, 2.05) is 0 Å². The van der Waals surface area contributed by atoms with E-state index in [0.717, 1.165) is 0 Å². The molecule has 8 nitrogen and oxygen atoms in total. The van der Waals surface area contributed by atoms with Crippen LogP contribution in [0, 0.1) is 28.4 Å². The minimum atomic E-state index is -0.595. The van der Waals surface area contributed by atoms with Crippen molar-refractivity contribution in [2.24, 2.45) is 0 Å². The van der Waals surface area contributed by atoms with E-state index >= 15 is 0 Å². The van der Waals surface area contributed by atoms with Gasteiger partial charge in [0.2, 0.25) is 5.89 Å². The van der Waals surface area contributed by atoms with Gasteiger partial charge in [-0.15, -0.1) is 0 Å². The highest BCUT2D eigenvalue weighted by Gasteiger charge is 2.14. The van der Waals surface area contributed by atoms with Gasteiger partial charge in [-0.3, -0.25) is 10.1 Å².